The third kappa shape index (κ3) is 3.15. The molecule has 2 aromatic rings. The number of aliphatic hydroxyl groups is 1. The highest BCUT2D eigenvalue weighted by Crippen LogP contribution is 2.45. The van der Waals surface area contributed by atoms with Crippen molar-refractivity contribution >= 4 is 17.5 Å². The van der Waals surface area contributed by atoms with Crippen molar-refractivity contribution in [2.24, 2.45) is 0 Å². The summed E-state index contributed by atoms with van der Waals surface area (Å²) in [6, 6.07) is 17.4. The zero-order valence-corrected chi connectivity index (χ0v) is 14.2. The van der Waals surface area contributed by atoms with E-state index in [9.17, 15) is 9.59 Å². The number of anilines is 1. The average molecular weight is 338 g/mol. The quantitative estimate of drug-likeness (QED) is 0.841. The molecule has 5 nitrogen and oxygen atoms in total. The third-order valence-electron chi connectivity index (χ3n) is 4.74. The molecule has 0 fully saturated rings. The Morgan fingerprint density at radius 3 is 2.52 bits per heavy atom. The number of rotatable bonds is 6. The number of carbonyl (C=O) groups excluding carboxylic acids is 2. The first-order chi connectivity index (χ1) is 12.1. The molecule has 3 rings (SSSR count). The summed E-state index contributed by atoms with van der Waals surface area (Å²) in [4.78, 5) is 27.3. The molecule has 0 spiro atoms. The number of hydrogen-bond donors (Lipinski definition) is 2. The van der Waals surface area contributed by atoms with Crippen molar-refractivity contribution in [2.45, 2.75) is 18.3 Å². The second kappa shape index (κ2) is 7.07. The first-order valence-corrected chi connectivity index (χ1v) is 8.37. The standard InChI is InChI=1S/C20H22N2O3/c1-22-17-10-6-5-9-16(17)20(19(22)25,14-18(24)21-11-12-23)13-15-7-3-2-4-8-15/h2-10,23H,11-14H2,1H3,(H,21,24)/t20-/m1/s1. The van der Waals surface area contributed by atoms with Gasteiger partial charge in [-0.05, 0) is 23.6 Å². The Labute approximate surface area is 147 Å². The minimum absolute atomic E-state index is 0.0576. The van der Waals surface area contributed by atoms with Crippen molar-refractivity contribution in [3.8, 4) is 0 Å². The van der Waals surface area contributed by atoms with Crippen LogP contribution in [0.3, 0.4) is 0 Å². The number of nitrogens with one attached hydrogen (secondary N) is 1. The van der Waals surface area contributed by atoms with E-state index >= 15 is 0 Å². The number of aliphatic hydroxyl groups excluding tert-OH is 1. The molecule has 2 N–H and O–H groups in total. The van der Waals surface area contributed by atoms with E-state index in [-0.39, 0.29) is 31.4 Å². The maximum atomic E-state index is 13.2. The molecule has 0 aromatic heterocycles. The van der Waals surface area contributed by atoms with Gasteiger partial charge in [-0.2, -0.15) is 0 Å². The Bertz CT molecular complexity index is 776. The molecule has 2 amide bonds. The van der Waals surface area contributed by atoms with Gasteiger partial charge in [0.1, 0.15) is 0 Å². The summed E-state index contributed by atoms with van der Waals surface area (Å²) >= 11 is 0. The van der Waals surface area contributed by atoms with Crippen LogP contribution >= 0.6 is 0 Å². The normalized spacial score (nSPS) is 19.0. The highest BCUT2D eigenvalue weighted by Gasteiger charge is 2.50. The van der Waals surface area contributed by atoms with Gasteiger partial charge in [0, 0.05) is 25.7 Å². The SMILES string of the molecule is CN1C(=O)[C@@](CC(=O)NCCO)(Cc2ccccc2)c2ccccc21. The van der Waals surface area contributed by atoms with Crippen molar-refractivity contribution in [3.63, 3.8) is 0 Å². The van der Waals surface area contributed by atoms with Gasteiger partial charge in [0.05, 0.1) is 12.0 Å². The number of hydrogen-bond acceptors (Lipinski definition) is 3. The maximum Gasteiger partial charge on any atom is 0.238 e. The second-order valence-electron chi connectivity index (χ2n) is 6.38. The second-order valence-corrected chi connectivity index (χ2v) is 6.38. The fourth-order valence-electron chi connectivity index (χ4n) is 3.60. The monoisotopic (exact) mass is 338 g/mol. The van der Waals surface area contributed by atoms with Crippen LogP contribution in [-0.2, 0) is 21.4 Å². The van der Waals surface area contributed by atoms with E-state index in [2.05, 4.69) is 5.32 Å². The van der Waals surface area contributed by atoms with Crippen LogP contribution in [0.25, 0.3) is 0 Å². The lowest BCUT2D eigenvalue weighted by atomic mass is 9.73. The summed E-state index contributed by atoms with van der Waals surface area (Å²) in [5.74, 6) is -0.305. The molecule has 130 valence electrons. The molecule has 0 saturated heterocycles. The lowest BCUT2D eigenvalue weighted by Crippen LogP contribution is -2.44. The summed E-state index contributed by atoms with van der Waals surface area (Å²) in [5, 5.41) is 11.6. The van der Waals surface area contributed by atoms with Gasteiger partial charge in [-0.25, -0.2) is 0 Å². The van der Waals surface area contributed by atoms with Crippen LogP contribution in [0.2, 0.25) is 0 Å². The minimum atomic E-state index is -0.924. The highest BCUT2D eigenvalue weighted by atomic mass is 16.3. The number of para-hydroxylation sites is 1. The molecule has 0 unspecified atom stereocenters. The van der Waals surface area contributed by atoms with Crippen LogP contribution < -0.4 is 10.2 Å². The van der Waals surface area contributed by atoms with Crippen molar-refractivity contribution in [2.75, 3.05) is 25.1 Å². The fraction of sp³-hybridized carbons (Fsp3) is 0.300. The first kappa shape index (κ1) is 17.2. The molecule has 2 aromatic carbocycles. The summed E-state index contributed by atoms with van der Waals surface area (Å²) in [7, 11) is 1.75. The van der Waals surface area contributed by atoms with E-state index in [4.69, 9.17) is 5.11 Å². The molecule has 1 aliphatic heterocycles. The van der Waals surface area contributed by atoms with Gasteiger partial charge in [-0.15, -0.1) is 0 Å². The lowest BCUT2D eigenvalue weighted by molar-refractivity contribution is -0.129. The number of nitrogens with zero attached hydrogens (tertiary/aromatic N) is 1. The number of likely N-dealkylation sites (N-methyl/N-ethyl adjacent to an activating group) is 1. The van der Waals surface area contributed by atoms with Gasteiger partial charge >= 0.3 is 0 Å². The van der Waals surface area contributed by atoms with Gasteiger partial charge < -0.3 is 15.3 Å². The van der Waals surface area contributed by atoms with Gasteiger partial charge in [-0.1, -0.05) is 48.5 Å². The average Bonchev–Trinajstić information content (AvgIpc) is 2.84. The molecular formula is C20H22N2O3. The zero-order chi connectivity index (χ0) is 17.9. The largest absolute Gasteiger partial charge is 0.395 e. The van der Waals surface area contributed by atoms with Crippen LogP contribution in [-0.4, -0.2) is 37.1 Å². The van der Waals surface area contributed by atoms with Gasteiger partial charge in [0.25, 0.3) is 0 Å². The smallest absolute Gasteiger partial charge is 0.238 e. The Hall–Kier alpha value is -2.66. The van der Waals surface area contributed by atoms with Crippen LogP contribution in [0, 0.1) is 0 Å². The molecule has 25 heavy (non-hydrogen) atoms. The first-order valence-electron chi connectivity index (χ1n) is 8.37. The summed E-state index contributed by atoms with van der Waals surface area (Å²) in [6.45, 7) is 0.0633. The van der Waals surface area contributed by atoms with Gasteiger partial charge in [0.15, 0.2) is 0 Å². The molecule has 1 atom stereocenters. The van der Waals surface area contributed by atoms with E-state index in [1.807, 2.05) is 54.6 Å². The van der Waals surface area contributed by atoms with Crippen molar-refractivity contribution in [1.82, 2.24) is 5.32 Å². The number of fused-ring (bicyclic) bond motifs is 1. The molecule has 1 heterocycles. The van der Waals surface area contributed by atoms with Crippen LogP contribution in [0.5, 0.6) is 0 Å². The Morgan fingerprint density at radius 1 is 1.12 bits per heavy atom. The number of benzene rings is 2. The van der Waals surface area contributed by atoms with Crippen LogP contribution in [0.15, 0.2) is 54.6 Å². The maximum absolute atomic E-state index is 13.2. The third-order valence-corrected chi connectivity index (χ3v) is 4.74. The van der Waals surface area contributed by atoms with E-state index in [0.717, 1.165) is 16.8 Å². The molecule has 0 saturated carbocycles. The van der Waals surface area contributed by atoms with Crippen molar-refractivity contribution in [3.05, 3.63) is 65.7 Å². The molecule has 0 radical (unpaired) electrons. The van der Waals surface area contributed by atoms with E-state index < -0.39 is 5.41 Å². The van der Waals surface area contributed by atoms with E-state index in [1.54, 1.807) is 11.9 Å². The van der Waals surface area contributed by atoms with Crippen molar-refractivity contribution < 1.29 is 14.7 Å². The number of amides is 2. The van der Waals surface area contributed by atoms with Crippen LogP contribution in [0.1, 0.15) is 17.5 Å². The Morgan fingerprint density at radius 2 is 1.80 bits per heavy atom. The molecule has 1 aliphatic rings. The van der Waals surface area contributed by atoms with Gasteiger partial charge in [-0.3, -0.25) is 9.59 Å². The molecule has 5 heteroatoms. The highest BCUT2D eigenvalue weighted by molar-refractivity contribution is 6.09. The van der Waals surface area contributed by atoms with E-state index in [0.29, 0.717) is 6.42 Å². The predicted octanol–water partition coefficient (Wildman–Crippen LogP) is 1.64. The summed E-state index contributed by atoms with van der Waals surface area (Å²) in [5.41, 5.74) is 1.81. The topological polar surface area (TPSA) is 69.6 Å². The van der Waals surface area contributed by atoms with Crippen LogP contribution in [0.4, 0.5) is 5.69 Å². The molecular weight excluding hydrogens is 316 g/mol. The Balaban J connectivity index is 2.03. The Kier molecular flexibility index (Phi) is 4.86. The van der Waals surface area contributed by atoms with E-state index in [1.165, 1.54) is 0 Å². The summed E-state index contributed by atoms with van der Waals surface area (Å²) in [6.07, 6.45) is 0.517. The number of carbonyl (C=O) groups is 2. The van der Waals surface area contributed by atoms with Gasteiger partial charge in [0.2, 0.25) is 11.8 Å². The van der Waals surface area contributed by atoms with Crippen molar-refractivity contribution in [1.29, 1.82) is 0 Å². The molecule has 0 bridgehead atoms. The predicted molar refractivity (Wildman–Crippen MR) is 96.4 cm³/mol. The minimum Gasteiger partial charge on any atom is -0.395 e. The molecule has 0 aliphatic carbocycles. The zero-order valence-electron chi connectivity index (χ0n) is 14.2. The summed E-state index contributed by atoms with van der Waals surface area (Å²) < 4.78 is 0. The fourth-order valence-corrected chi connectivity index (χ4v) is 3.60. The lowest BCUT2D eigenvalue weighted by Gasteiger charge is -2.28.